The van der Waals surface area contributed by atoms with Crippen LogP contribution in [0.1, 0.15) is 29.0 Å². The lowest BCUT2D eigenvalue weighted by Crippen LogP contribution is -2.24. The molecule has 0 nitrogen and oxygen atoms in total. The summed E-state index contributed by atoms with van der Waals surface area (Å²) in [5.41, 5.74) is 0. The Hall–Kier alpha value is 0.330. The van der Waals surface area contributed by atoms with E-state index in [0.717, 1.165) is 4.88 Å². The van der Waals surface area contributed by atoms with Crippen molar-refractivity contribution < 1.29 is 8.78 Å². The van der Waals surface area contributed by atoms with E-state index in [9.17, 15) is 8.78 Å². The third-order valence-electron chi connectivity index (χ3n) is 2.79. The smallest absolute Gasteiger partial charge is 0.207 e. The summed E-state index contributed by atoms with van der Waals surface area (Å²) in [6.45, 7) is 0. The zero-order valence-corrected chi connectivity index (χ0v) is 11.0. The molecule has 1 aliphatic rings. The Kier molecular flexibility index (Phi) is 3.39. The SMILES string of the molecule is FC1(F)CCCC1C(Br)c1ccc(Cl)s1. The second kappa shape index (κ2) is 4.30. The molecule has 0 saturated heterocycles. The van der Waals surface area contributed by atoms with Crippen LogP contribution in [0.5, 0.6) is 0 Å². The van der Waals surface area contributed by atoms with E-state index >= 15 is 0 Å². The van der Waals surface area contributed by atoms with Gasteiger partial charge in [0.05, 0.1) is 9.16 Å². The van der Waals surface area contributed by atoms with Crippen molar-refractivity contribution in [3.05, 3.63) is 21.3 Å². The molecule has 1 heterocycles. The molecule has 1 aliphatic carbocycles. The van der Waals surface area contributed by atoms with Gasteiger partial charge in [-0.1, -0.05) is 27.5 Å². The van der Waals surface area contributed by atoms with Gasteiger partial charge in [-0.25, -0.2) is 8.78 Å². The molecule has 1 aromatic rings. The van der Waals surface area contributed by atoms with Crippen molar-refractivity contribution in [2.24, 2.45) is 5.92 Å². The van der Waals surface area contributed by atoms with Crippen LogP contribution in [-0.2, 0) is 0 Å². The van der Waals surface area contributed by atoms with Crippen molar-refractivity contribution >= 4 is 38.9 Å². The van der Waals surface area contributed by atoms with Crippen LogP contribution in [0.4, 0.5) is 8.78 Å². The summed E-state index contributed by atoms with van der Waals surface area (Å²) >= 11 is 10.5. The van der Waals surface area contributed by atoms with Gasteiger partial charge in [0.15, 0.2) is 0 Å². The lowest BCUT2D eigenvalue weighted by atomic mass is 10.00. The van der Waals surface area contributed by atoms with E-state index in [1.807, 2.05) is 6.07 Å². The van der Waals surface area contributed by atoms with E-state index in [1.165, 1.54) is 11.3 Å². The monoisotopic (exact) mass is 314 g/mol. The van der Waals surface area contributed by atoms with Crippen molar-refractivity contribution in [2.75, 3.05) is 0 Å². The van der Waals surface area contributed by atoms with Gasteiger partial charge >= 0.3 is 0 Å². The first-order valence-corrected chi connectivity index (χ1v) is 6.89. The summed E-state index contributed by atoms with van der Waals surface area (Å²) in [4.78, 5) is 0.624. The molecule has 0 N–H and O–H groups in total. The fourth-order valence-corrected chi connectivity index (χ4v) is 4.18. The molecule has 0 aliphatic heterocycles. The van der Waals surface area contributed by atoms with Crippen LogP contribution in [0.3, 0.4) is 0 Å². The number of halogens is 4. The van der Waals surface area contributed by atoms with E-state index in [1.54, 1.807) is 6.07 Å². The normalized spacial score (nSPS) is 26.8. The molecular weight excluding hydrogens is 306 g/mol. The second-order valence-corrected chi connectivity index (χ2v) is 6.54. The number of alkyl halides is 3. The number of thiophene rings is 1. The molecule has 15 heavy (non-hydrogen) atoms. The molecule has 1 aromatic heterocycles. The van der Waals surface area contributed by atoms with Crippen LogP contribution in [0.2, 0.25) is 4.34 Å². The largest absolute Gasteiger partial charge is 0.252 e. The molecule has 5 heteroatoms. The predicted octanol–water partition coefficient (Wildman–Crippen LogP) is 5.27. The Morgan fingerprint density at radius 3 is 2.73 bits per heavy atom. The molecule has 1 saturated carbocycles. The lowest BCUT2D eigenvalue weighted by Gasteiger charge is -2.23. The maximum Gasteiger partial charge on any atom is 0.252 e. The van der Waals surface area contributed by atoms with Gasteiger partial charge in [-0.05, 0) is 25.0 Å². The van der Waals surface area contributed by atoms with Crippen LogP contribution >= 0.6 is 38.9 Å². The molecular formula is C10H10BrClF2S. The van der Waals surface area contributed by atoms with Crippen molar-refractivity contribution in [1.29, 1.82) is 0 Å². The van der Waals surface area contributed by atoms with Crippen molar-refractivity contribution in [2.45, 2.75) is 30.0 Å². The van der Waals surface area contributed by atoms with Crippen molar-refractivity contribution in [1.82, 2.24) is 0 Å². The van der Waals surface area contributed by atoms with Crippen LogP contribution in [0, 0.1) is 5.92 Å². The molecule has 84 valence electrons. The number of hydrogen-bond donors (Lipinski definition) is 0. The van der Waals surface area contributed by atoms with Crippen LogP contribution < -0.4 is 0 Å². The van der Waals surface area contributed by atoms with Gasteiger partial charge in [0.2, 0.25) is 0 Å². The maximum absolute atomic E-state index is 13.5. The molecule has 0 radical (unpaired) electrons. The molecule has 0 amide bonds. The van der Waals surface area contributed by atoms with Gasteiger partial charge in [0.1, 0.15) is 0 Å². The Labute approximate surface area is 105 Å². The zero-order chi connectivity index (χ0) is 11.1. The van der Waals surface area contributed by atoms with Crippen molar-refractivity contribution in [3.63, 3.8) is 0 Å². The first kappa shape index (κ1) is 11.8. The third-order valence-corrected chi connectivity index (χ3v) is 5.54. The van der Waals surface area contributed by atoms with E-state index in [4.69, 9.17) is 11.6 Å². The van der Waals surface area contributed by atoms with Crippen LogP contribution in [-0.4, -0.2) is 5.92 Å². The van der Waals surface area contributed by atoms with Crippen LogP contribution in [0.15, 0.2) is 12.1 Å². The molecule has 2 unspecified atom stereocenters. The summed E-state index contributed by atoms with van der Waals surface area (Å²) < 4.78 is 27.6. The Morgan fingerprint density at radius 1 is 1.53 bits per heavy atom. The average molecular weight is 316 g/mol. The Morgan fingerprint density at radius 2 is 2.27 bits per heavy atom. The highest BCUT2D eigenvalue weighted by molar-refractivity contribution is 9.09. The third kappa shape index (κ3) is 2.37. The summed E-state index contributed by atoms with van der Waals surface area (Å²) in [7, 11) is 0. The second-order valence-electron chi connectivity index (χ2n) is 3.80. The highest BCUT2D eigenvalue weighted by Crippen LogP contribution is 2.51. The standard InChI is InChI=1S/C10H10BrClF2S/c11-9(7-3-4-8(12)15-7)6-2-1-5-10(6,13)14/h3-4,6,9H,1-2,5H2. The molecule has 0 spiro atoms. The minimum Gasteiger partial charge on any atom is -0.207 e. The minimum atomic E-state index is -2.54. The van der Waals surface area contributed by atoms with E-state index in [2.05, 4.69) is 15.9 Å². The molecule has 2 rings (SSSR count). The van der Waals surface area contributed by atoms with E-state index < -0.39 is 11.8 Å². The minimum absolute atomic E-state index is 0.0128. The summed E-state index contributed by atoms with van der Waals surface area (Å²) in [6.07, 6.45) is 1.20. The first-order valence-electron chi connectivity index (χ1n) is 4.78. The van der Waals surface area contributed by atoms with Gasteiger partial charge in [0.25, 0.3) is 5.92 Å². The topological polar surface area (TPSA) is 0 Å². The fourth-order valence-electron chi connectivity index (χ4n) is 1.99. The molecule has 0 aromatic carbocycles. The van der Waals surface area contributed by atoms with Crippen molar-refractivity contribution in [3.8, 4) is 0 Å². The van der Waals surface area contributed by atoms with E-state index in [-0.39, 0.29) is 11.2 Å². The highest BCUT2D eigenvalue weighted by atomic mass is 79.9. The average Bonchev–Trinajstić information content (AvgIpc) is 2.70. The predicted molar refractivity (Wildman–Crippen MR) is 63.3 cm³/mol. The molecule has 2 atom stereocenters. The number of rotatable bonds is 2. The fraction of sp³-hybridized carbons (Fsp3) is 0.600. The number of hydrogen-bond acceptors (Lipinski definition) is 1. The highest BCUT2D eigenvalue weighted by Gasteiger charge is 2.47. The van der Waals surface area contributed by atoms with E-state index in [0.29, 0.717) is 17.2 Å². The summed E-state index contributed by atoms with van der Waals surface area (Å²) in [5, 5.41) is 0. The first-order chi connectivity index (χ1) is 7.00. The van der Waals surface area contributed by atoms with Gasteiger partial charge < -0.3 is 0 Å². The maximum atomic E-state index is 13.5. The zero-order valence-electron chi connectivity index (χ0n) is 7.85. The quantitative estimate of drug-likeness (QED) is 0.652. The molecule has 1 fully saturated rings. The Balaban J connectivity index is 2.17. The van der Waals surface area contributed by atoms with Gasteiger partial charge in [-0.2, -0.15) is 0 Å². The summed E-state index contributed by atoms with van der Waals surface area (Å²) in [6, 6.07) is 3.57. The Bertz CT molecular complexity index is 353. The van der Waals surface area contributed by atoms with Gasteiger partial charge in [-0.3, -0.25) is 0 Å². The lowest BCUT2D eigenvalue weighted by molar-refractivity contribution is -0.0364. The summed E-state index contributed by atoms with van der Waals surface area (Å²) in [5.74, 6) is -3.13. The van der Waals surface area contributed by atoms with Crippen LogP contribution in [0.25, 0.3) is 0 Å². The molecule has 0 bridgehead atoms. The van der Waals surface area contributed by atoms with Gasteiger partial charge in [0, 0.05) is 17.2 Å². The van der Waals surface area contributed by atoms with Gasteiger partial charge in [-0.15, -0.1) is 11.3 Å².